The standard InChI is InChI=1S/C44H63N5O.BrH/c1-6-7-34-48-38-25-17-15-23-36(38)43(2,3)40(48)27-12-9-8-10-13-28-41-44(4,5)37-24-16-18-26-39(37)49(41)35-21-11-14-29-42(50)47-33-22-32-46-31-20-19-30-45;/h8-10,12-13,15-18,23-28,46H,6-7,11,14,19-22,29-35,45H2,1-5H3;1H. The van der Waals surface area contributed by atoms with Crippen molar-refractivity contribution >= 4 is 23.0 Å². The van der Waals surface area contributed by atoms with Crippen LogP contribution < -0.4 is 38.2 Å². The molecular formula is C44H64BrN5O. The topological polar surface area (TPSA) is 73.4 Å². The van der Waals surface area contributed by atoms with Crippen LogP contribution in [0.5, 0.6) is 0 Å². The van der Waals surface area contributed by atoms with E-state index in [2.05, 4.69) is 146 Å². The number of nitrogens with zero attached hydrogens (tertiary/aromatic N) is 2. The van der Waals surface area contributed by atoms with Crippen molar-refractivity contribution < 1.29 is 26.4 Å². The maximum Gasteiger partial charge on any atom is 0.219 e. The fraction of sp³-hybridized carbons (Fsp3) is 0.500. The van der Waals surface area contributed by atoms with E-state index in [4.69, 9.17) is 5.73 Å². The average Bonchev–Trinajstić information content (AvgIpc) is 3.46. The zero-order chi connectivity index (χ0) is 35.8. The second-order valence-electron chi connectivity index (χ2n) is 14.8. The van der Waals surface area contributed by atoms with E-state index in [0.29, 0.717) is 6.42 Å². The predicted molar refractivity (Wildman–Crippen MR) is 214 cm³/mol. The number of carbonyl (C=O) groups excluding carboxylic acids is 1. The van der Waals surface area contributed by atoms with Crippen LogP contribution >= 0.6 is 0 Å². The summed E-state index contributed by atoms with van der Waals surface area (Å²) >= 11 is 0. The number of benzene rings is 2. The number of hydrogen-bond acceptors (Lipinski definition) is 4. The lowest BCUT2D eigenvalue weighted by atomic mass is 9.81. The fourth-order valence-corrected chi connectivity index (χ4v) is 7.35. The molecule has 2 aromatic rings. The minimum absolute atomic E-state index is 0. The lowest BCUT2D eigenvalue weighted by Crippen LogP contribution is -3.00. The molecule has 0 bridgehead atoms. The number of fused-ring (bicyclic) bond motifs is 2. The van der Waals surface area contributed by atoms with Crippen LogP contribution in [0.3, 0.4) is 0 Å². The minimum Gasteiger partial charge on any atom is -1.00 e. The first kappa shape index (κ1) is 42.2. The molecule has 2 aliphatic heterocycles. The minimum atomic E-state index is -0.0780. The lowest BCUT2D eigenvalue weighted by molar-refractivity contribution is -0.438. The molecule has 4 N–H and O–H groups in total. The van der Waals surface area contributed by atoms with Crippen LogP contribution in [0.1, 0.15) is 104 Å². The van der Waals surface area contributed by atoms with Gasteiger partial charge in [-0.2, -0.15) is 4.58 Å². The van der Waals surface area contributed by atoms with E-state index >= 15 is 0 Å². The van der Waals surface area contributed by atoms with Crippen LogP contribution in [0.4, 0.5) is 11.4 Å². The van der Waals surface area contributed by atoms with Crippen molar-refractivity contribution in [3.8, 4) is 0 Å². The van der Waals surface area contributed by atoms with Gasteiger partial charge in [0, 0.05) is 60.4 Å². The smallest absolute Gasteiger partial charge is 0.219 e. The highest BCUT2D eigenvalue weighted by atomic mass is 79.9. The van der Waals surface area contributed by atoms with Gasteiger partial charge in [0.15, 0.2) is 5.71 Å². The van der Waals surface area contributed by atoms with Gasteiger partial charge in [0.2, 0.25) is 11.6 Å². The highest BCUT2D eigenvalue weighted by Gasteiger charge is 2.43. The average molecular weight is 759 g/mol. The van der Waals surface area contributed by atoms with Gasteiger partial charge in [-0.3, -0.25) is 4.79 Å². The lowest BCUT2D eigenvalue weighted by Gasteiger charge is -2.27. The number of unbranched alkanes of at least 4 members (excludes halogenated alkanes) is 4. The van der Waals surface area contributed by atoms with Crippen molar-refractivity contribution in [2.45, 2.75) is 103 Å². The molecule has 6 nitrogen and oxygen atoms in total. The molecule has 2 aliphatic rings. The van der Waals surface area contributed by atoms with Crippen molar-refractivity contribution in [3.05, 3.63) is 108 Å². The SMILES string of the molecule is CCCCN1/C(=C/C=C/C=C/C=C/C2=[N+](CCCCCC(=O)NCCCNCCCCN)c3ccccc3C2(C)C)C(C)(C)c2ccccc21.[Br-]. The van der Waals surface area contributed by atoms with Gasteiger partial charge in [-0.05, 0) is 89.7 Å². The van der Waals surface area contributed by atoms with Crippen molar-refractivity contribution in [1.82, 2.24) is 10.6 Å². The maximum absolute atomic E-state index is 12.4. The molecule has 278 valence electrons. The summed E-state index contributed by atoms with van der Waals surface area (Å²) in [4.78, 5) is 14.9. The molecule has 2 heterocycles. The number of halogens is 1. The summed E-state index contributed by atoms with van der Waals surface area (Å²) in [7, 11) is 0. The molecule has 0 unspecified atom stereocenters. The fourth-order valence-electron chi connectivity index (χ4n) is 7.35. The number of hydrogen-bond donors (Lipinski definition) is 3. The molecule has 0 atom stereocenters. The summed E-state index contributed by atoms with van der Waals surface area (Å²) in [5.74, 6) is 0.166. The Morgan fingerprint density at radius 2 is 1.49 bits per heavy atom. The number of carbonyl (C=O) groups is 1. The monoisotopic (exact) mass is 757 g/mol. The summed E-state index contributed by atoms with van der Waals surface area (Å²) in [5.41, 5.74) is 13.6. The van der Waals surface area contributed by atoms with Gasteiger partial charge in [-0.15, -0.1) is 0 Å². The molecule has 51 heavy (non-hydrogen) atoms. The van der Waals surface area contributed by atoms with E-state index in [1.807, 2.05) is 0 Å². The Balaban J connectivity index is 0.00000702. The number of para-hydroxylation sites is 2. The van der Waals surface area contributed by atoms with E-state index in [9.17, 15) is 4.79 Å². The van der Waals surface area contributed by atoms with Crippen LogP contribution in [0, 0.1) is 0 Å². The molecule has 0 radical (unpaired) electrons. The van der Waals surface area contributed by atoms with Gasteiger partial charge in [0.25, 0.3) is 0 Å². The normalized spacial score (nSPS) is 16.8. The molecule has 0 spiro atoms. The van der Waals surface area contributed by atoms with Gasteiger partial charge in [0.05, 0.1) is 5.41 Å². The third-order valence-corrected chi connectivity index (χ3v) is 10.2. The van der Waals surface area contributed by atoms with Crippen LogP contribution in [-0.2, 0) is 15.6 Å². The number of anilines is 1. The van der Waals surface area contributed by atoms with E-state index in [1.54, 1.807) is 0 Å². The Morgan fingerprint density at radius 3 is 2.27 bits per heavy atom. The first-order valence-corrected chi connectivity index (χ1v) is 19.2. The highest BCUT2D eigenvalue weighted by Crippen LogP contribution is 2.47. The van der Waals surface area contributed by atoms with Crippen LogP contribution in [0.2, 0.25) is 0 Å². The van der Waals surface area contributed by atoms with Gasteiger partial charge in [0.1, 0.15) is 6.54 Å². The highest BCUT2D eigenvalue weighted by molar-refractivity contribution is 6.03. The van der Waals surface area contributed by atoms with Crippen molar-refractivity contribution in [1.29, 1.82) is 0 Å². The van der Waals surface area contributed by atoms with Gasteiger partial charge in [-0.1, -0.05) is 94.0 Å². The summed E-state index contributed by atoms with van der Waals surface area (Å²) in [5, 5.41) is 6.49. The Bertz CT molecular complexity index is 1550. The van der Waals surface area contributed by atoms with Crippen molar-refractivity contribution in [2.75, 3.05) is 44.2 Å². The molecule has 1 amide bonds. The first-order chi connectivity index (χ1) is 24.2. The Labute approximate surface area is 319 Å². The summed E-state index contributed by atoms with van der Waals surface area (Å²) in [6.07, 6.45) is 24.4. The third-order valence-electron chi connectivity index (χ3n) is 10.2. The number of rotatable bonds is 21. The van der Waals surface area contributed by atoms with Gasteiger partial charge < -0.3 is 38.2 Å². The summed E-state index contributed by atoms with van der Waals surface area (Å²) in [6.45, 7) is 17.0. The summed E-state index contributed by atoms with van der Waals surface area (Å²) < 4.78 is 2.49. The van der Waals surface area contributed by atoms with E-state index < -0.39 is 0 Å². The third kappa shape index (κ3) is 11.4. The zero-order valence-electron chi connectivity index (χ0n) is 32.0. The molecule has 0 saturated carbocycles. The Kier molecular flexibility index (Phi) is 17.6. The van der Waals surface area contributed by atoms with Crippen molar-refractivity contribution in [2.24, 2.45) is 5.73 Å². The molecule has 7 heteroatoms. The maximum atomic E-state index is 12.4. The van der Waals surface area contributed by atoms with E-state index in [-0.39, 0.29) is 33.7 Å². The Morgan fingerprint density at radius 1 is 0.784 bits per heavy atom. The van der Waals surface area contributed by atoms with E-state index in [1.165, 1.54) is 46.8 Å². The molecule has 0 saturated heterocycles. The Hall–Kier alpha value is -3.26. The molecule has 4 rings (SSSR count). The van der Waals surface area contributed by atoms with Crippen LogP contribution in [0.25, 0.3) is 0 Å². The quantitative estimate of drug-likeness (QED) is 0.0880. The van der Waals surface area contributed by atoms with Crippen LogP contribution in [0.15, 0.2) is 96.8 Å². The van der Waals surface area contributed by atoms with E-state index in [0.717, 1.165) is 77.8 Å². The zero-order valence-corrected chi connectivity index (χ0v) is 33.6. The molecule has 0 fully saturated rings. The number of amides is 1. The largest absolute Gasteiger partial charge is 1.00 e. The number of nitrogens with two attached hydrogens (primary N) is 1. The second-order valence-corrected chi connectivity index (χ2v) is 14.8. The molecule has 0 aliphatic carbocycles. The molecule has 2 aromatic carbocycles. The summed E-state index contributed by atoms with van der Waals surface area (Å²) in [6, 6.07) is 17.7. The number of nitrogens with one attached hydrogen (secondary N) is 2. The first-order valence-electron chi connectivity index (χ1n) is 19.2. The van der Waals surface area contributed by atoms with Gasteiger partial charge >= 0.3 is 0 Å². The number of allylic oxidation sites excluding steroid dienone is 8. The predicted octanol–water partition coefficient (Wildman–Crippen LogP) is 5.61. The van der Waals surface area contributed by atoms with Gasteiger partial charge in [-0.25, -0.2) is 0 Å². The second kappa shape index (κ2) is 21.3. The molecular weight excluding hydrogens is 694 g/mol. The van der Waals surface area contributed by atoms with Crippen molar-refractivity contribution in [3.63, 3.8) is 0 Å². The molecule has 0 aromatic heterocycles. The van der Waals surface area contributed by atoms with Crippen LogP contribution in [-0.4, -0.2) is 55.5 Å².